The van der Waals surface area contributed by atoms with E-state index in [9.17, 15) is 4.79 Å². The summed E-state index contributed by atoms with van der Waals surface area (Å²) in [6, 6.07) is 1.58. The van der Waals surface area contributed by atoms with Gasteiger partial charge in [-0.2, -0.15) is 4.98 Å². The molecule has 17 heavy (non-hydrogen) atoms. The number of hydrogen-bond donors (Lipinski definition) is 3. The quantitative estimate of drug-likeness (QED) is 0.608. The number of thioether (sulfide) groups is 1. The first-order valence-electron chi connectivity index (χ1n) is 5.06. The zero-order chi connectivity index (χ0) is 12.3. The number of hydrogen-bond acceptors (Lipinski definition) is 7. The van der Waals surface area contributed by atoms with Gasteiger partial charge in [-0.25, -0.2) is 4.79 Å². The van der Waals surface area contributed by atoms with E-state index < -0.39 is 11.9 Å². The van der Waals surface area contributed by atoms with Crippen LogP contribution < -0.4 is 11.0 Å². The van der Waals surface area contributed by atoms with E-state index in [2.05, 4.69) is 10.3 Å². The van der Waals surface area contributed by atoms with Crippen molar-refractivity contribution in [2.75, 3.05) is 24.4 Å². The van der Waals surface area contributed by atoms with Crippen LogP contribution in [0.3, 0.4) is 0 Å². The molecule has 94 valence electrons. The van der Waals surface area contributed by atoms with Crippen molar-refractivity contribution >= 4 is 17.6 Å². The first kappa shape index (κ1) is 12.4. The predicted molar refractivity (Wildman–Crippen MR) is 62.7 cm³/mol. The average Bonchev–Trinajstić information content (AvgIpc) is 2.78. The lowest BCUT2D eigenvalue weighted by molar-refractivity contribution is -0.00629. The van der Waals surface area contributed by atoms with Crippen LogP contribution in [0.15, 0.2) is 17.1 Å². The van der Waals surface area contributed by atoms with Gasteiger partial charge in [0.15, 0.2) is 0 Å². The van der Waals surface area contributed by atoms with Gasteiger partial charge in [-0.1, -0.05) is 0 Å². The predicted octanol–water partition coefficient (Wildman–Crippen LogP) is -0.815. The normalized spacial score (nSPS) is 23.9. The van der Waals surface area contributed by atoms with Crippen LogP contribution in [0.25, 0.3) is 0 Å². The molecule has 0 amide bonds. The lowest BCUT2D eigenvalue weighted by Crippen LogP contribution is -2.29. The minimum absolute atomic E-state index is 0.0759. The number of ether oxygens (including phenoxy) is 1. The van der Waals surface area contributed by atoms with E-state index in [4.69, 9.17) is 14.9 Å². The SMILES string of the molecule is O=c1nc(NCO)ccn1C1CSC(CO)O1. The molecular weight excluding hydrogens is 246 g/mol. The van der Waals surface area contributed by atoms with E-state index in [1.807, 2.05) is 0 Å². The third-order valence-corrected chi connectivity index (χ3v) is 3.39. The third-order valence-electron chi connectivity index (χ3n) is 2.28. The third kappa shape index (κ3) is 2.78. The van der Waals surface area contributed by atoms with Crippen molar-refractivity contribution in [3.8, 4) is 0 Å². The maximum atomic E-state index is 11.7. The molecule has 7 nitrogen and oxygen atoms in total. The summed E-state index contributed by atoms with van der Waals surface area (Å²) in [4.78, 5) is 15.4. The molecule has 0 aromatic carbocycles. The van der Waals surface area contributed by atoms with Crippen molar-refractivity contribution in [2.45, 2.75) is 11.7 Å². The number of nitrogens with one attached hydrogen (secondary N) is 1. The van der Waals surface area contributed by atoms with Crippen LogP contribution in [0, 0.1) is 0 Å². The first-order chi connectivity index (χ1) is 8.24. The molecule has 2 heterocycles. The highest BCUT2D eigenvalue weighted by Gasteiger charge is 2.27. The lowest BCUT2D eigenvalue weighted by Gasteiger charge is -2.13. The Morgan fingerprint density at radius 2 is 2.47 bits per heavy atom. The van der Waals surface area contributed by atoms with E-state index in [0.29, 0.717) is 11.6 Å². The summed E-state index contributed by atoms with van der Waals surface area (Å²) < 4.78 is 6.81. The summed E-state index contributed by atoms with van der Waals surface area (Å²) in [6.45, 7) is -0.355. The summed E-state index contributed by atoms with van der Waals surface area (Å²) in [5.41, 5.74) is -0.741. The molecule has 1 saturated heterocycles. The Morgan fingerprint density at radius 3 is 3.06 bits per heavy atom. The van der Waals surface area contributed by atoms with E-state index in [0.717, 1.165) is 0 Å². The van der Waals surface area contributed by atoms with Gasteiger partial charge in [0.2, 0.25) is 0 Å². The molecule has 1 aromatic rings. The van der Waals surface area contributed by atoms with Gasteiger partial charge in [0.1, 0.15) is 24.2 Å². The Balaban J connectivity index is 2.14. The molecule has 0 radical (unpaired) electrons. The van der Waals surface area contributed by atoms with Gasteiger partial charge in [0.05, 0.1) is 6.61 Å². The molecule has 1 fully saturated rings. The summed E-state index contributed by atoms with van der Waals surface area (Å²) in [6.07, 6.45) is 1.15. The van der Waals surface area contributed by atoms with E-state index in [1.54, 1.807) is 12.3 Å². The number of aromatic nitrogens is 2. The molecule has 2 unspecified atom stereocenters. The monoisotopic (exact) mass is 259 g/mol. The second-order valence-electron chi connectivity index (χ2n) is 3.37. The van der Waals surface area contributed by atoms with Crippen LogP contribution in [0.1, 0.15) is 6.23 Å². The fraction of sp³-hybridized carbons (Fsp3) is 0.556. The smallest absolute Gasteiger partial charge is 0.351 e. The van der Waals surface area contributed by atoms with Crippen LogP contribution in [-0.2, 0) is 4.74 Å². The van der Waals surface area contributed by atoms with Gasteiger partial charge in [-0.3, -0.25) is 4.57 Å². The van der Waals surface area contributed by atoms with Crippen LogP contribution in [0.5, 0.6) is 0 Å². The zero-order valence-corrected chi connectivity index (χ0v) is 9.76. The minimum Gasteiger partial charge on any atom is -0.393 e. The zero-order valence-electron chi connectivity index (χ0n) is 8.94. The number of nitrogens with zero attached hydrogens (tertiary/aromatic N) is 2. The fourth-order valence-electron chi connectivity index (χ4n) is 1.50. The second kappa shape index (κ2) is 5.50. The molecule has 0 aliphatic carbocycles. The van der Waals surface area contributed by atoms with Gasteiger partial charge >= 0.3 is 5.69 Å². The first-order valence-corrected chi connectivity index (χ1v) is 6.11. The summed E-state index contributed by atoms with van der Waals surface area (Å²) in [5.74, 6) is 0.915. The van der Waals surface area contributed by atoms with Gasteiger partial charge in [0.25, 0.3) is 0 Å². The average molecular weight is 259 g/mol. The maximum absolute atomic E-state index is 11.7. The second-order valence-corrected chi connectivity index (χ2v) is 4.57. The Kier molecular flexibility index (Phi) is 4.00. The molecular formula is C9H13N3O4S. The highest BCUT2D eigenvalue weighted by molar-refractivity contribution is 8.00. The lowest BCUT2D eigenvalue weighted by atomic mass is 10.5. The molecule has 1 aliphatic rings. The molecule has 2 atom stereocenters. The molecule has 2 rings (SSSR count). The van der Waals surface area contributed by atoms with E-state index in [1.165, 1.54) is 16.3 Å². The Labute approximate surface area is 101 Å². The maximum Gasteiger partial charge on any atom is 0.351 e. The Hall–Kier alpha value is -1.09. The fourth-order valence-corrected chi connectivity index (χ4v) is 2.43. The van der Waals surface area contributed by atoms with Crippen LogP contribution >= 0.6 is 11.8 Å². The van der Waals surface area contributed by atoms with Crippen molar-refractivity contribution in [3.05, 3.63) is 22.7 Å². The number of aliphatic hydroxyl groups excluding tert-OH is 2. The molecule has 3 N–H and O–H groups in total. The number of rotatable bonds is 4. The van der Waals surface area contributed by atoms with Gasteiger partial charge in [-0.15, -0.1) is 11.8 Å². The van der Waals surface area contributed by atoms with Crippen LogP contribution in [0.2, 0.25) is 0 Å². The largest absolute Gasteiger partial charge is 0.393 e. The standard InChI is InChI=1S/C9H13N3O4S/c13-3-8-16-7(4-17-8)12-2-1-6(10-5-14)11-9(12)15/h1-2,7-8,13-14H,3-5H2,(H,10,11,15). The molecule has 1 aromatic heterocycles. The molecule has 8 heteroatoms. The van der Waals surface area contributed by atoms with Crippen molar-refractivity contribution in [1.29, 1.82) is 0 Å². The summed E-state index contributed by atoms with van der Waals surface area (Å²) in [5, 5.41) is 20.1. The van der Waals surface area contributed by atoms with Crippen molar-refractivity contribution in [1.82, 2.24) is 9.55 Å². The molecule has 1 aliphatic heterocycles. The van der Waals surface area contributed by atoms with Gasteiger partial charge in [0, 0.05) is 11.9 Å². The van der Waals surface area contributed by atoms with E-state index >= 15 is 0 Å². The molecule has 0 bridgehead atoms. The summed E-state index contributed by atoms with van der Waals surface area (Å²) >= 11 is 1.45. The van der Waals surface area contributed by atoms with Gasteiger partial charge < -0.3 is 20.3 Å². The molecule has 0 saturated carbocycles. The Bertz CT molecular complexity index is 438. The van der Waals surface area contributed by atoms with Gasteiger partial charge in [-0.05, 0) is 6.07 Å². The highest BCUT2D eigenvalue weighted by Crippen LogP contribution is 2.30. The van der Waals surface area contributed by atoms with Crippen molar-refractivity contribution in [2.24, 2.45) is 0 Å². The van der Waals surface area contributed by atoms with Crippen molar-refractivity contribution in [3.63, 3.8) is 0 Å². The topological polar surface area (TPSA) is 96.6 Å². The van der Waals surface area contributed by atoms with Crippen molar-refractivity contribution < 1.29 is 14.9 Å². The number of aliphatic hydroxyl groups is 2. The highest BCUT2D eigenvalue weighted by atomic mass is 32.2. The van der Waals surface area contributed by atoms with Crippen LogP contribution in [0.4, 0.5) is 5.82 Å². The minimum atomic E-state index is -0.451. The van der Waals surface area contributed by atoms with Crippen LogP contribution in [-0.4, -0.2) is 44.3 Å². The number of anilines is 1. The summed E-state index contributed by atoms with van der Waals surface area (Å²) in [7, 11) is 0. The molecule has 0 spiro atoms. The van der Waals surface area contributed by atoms with E-state index in [-0.39, 0.29) is 18.8 Å². The Morgan fingerprint density at radius 1 is 1.65 bits per heavy atom.